The summed E-state index contributed by atoms with van der Waals surface area (Å²) in [7, 11) is 0. The van der Waals surface area contributed by atoms with E-state index in [1.54, 1.807) is 6.07 Å². The molecule has 2 heterocycles. The first-order valence-electron chi connectivity index (χ1n) is 8.80. The third-order valence-corrected chi connectivity index (χ3v) is 4.12. The van der Waals surface area contributed by atoms with Gasteiger partial charge in [-0.25, -0.2) is 9.07 Å². The minimum atomic E-state index is -4.79. The molecule has 0 saturated carbocycles. The van der Waals surface area contributed by atoms with Crippen LogP contribution in [0.3, 0.4) is 0 Å². The molecule has 2 aromatic carbocycles. The zero-order chi connectivity index (χ0) is 22.0. The summed E-state index contributed by atoms with van der Waals surface area (Å²) in [6.45, 7) is -0.177. The highest BCUT2D eigenvalue weighted by Crippen LogP contribution is 2.25. The summed E-state index contributed by atoms with van der Waals surface area (Å²) in [6.07, 6.45) is -4.79. The molecule has 0 saturated heterocycles. The molecule has 0 spiro atoms. The van der Waals surface area contributed by atoms with E-state index in [9.17, 15) is 22.4 Å². The van der Waals surface area contributed by atoms with Crippen molar-refractivity contribution in [2.45, 2.75) is 12.9 Å². The van der Waals surface area contributed by atoms with Gasteiger partial charge in [-0.2, -0.15) is 10.1 Å². The smallest absolute Gasteiger partial charge is 0.406 e. The van der Waals surface area contributed by atoms with Gasteiger partial charge < -0.3 is 9.26 Å². The lowest BCUT2D eigenvalue weighted by atomic mass is 10.1. The molecule has 0 N–H and O–H groups in total. The Labute approximate surface area is 171 Å². The molecule has 0 aliphatic heterocycles. The van der Waals surface area contributed by atoms with Crippen LogP contribution in [0.25, 0.3) is 22.6 Å². The van der Waals surface area contributed by atoms with Gasteiger partial charge in [-0.15, -0.1) is 13.2 Å². The molecule has 2 aromatic heterocycles. The molecule has 0 aliphatic rings. The monoisotopic (exact) mass is 432 g/mol. The number of halogens is 4. The first-order valence-corrected chi connectivity index (χ1v) is 8.80. The van der Waals surface area contributed by atoms with E-state index in [0.29, 0.717) is 5.56 Å². The van der Waals surface area contributed by atoms with Crippen molar-refractivity contribution in [3.05, 3.63) is 82.7 Å². The Morgan fingerprint density at radius 3 is 2.45 bits per heavy atom. The number of aromatic nitrogens is 4. The summed E-state index contributed by atoms with van der Waals surface area (Å²) in [5.41, 5.74) is 0.389. The Kier molecular flexibility index (Phi) is 5.24. The van der Waals surface area contributed by atoms with Crippen LogP contribution in [0.2, 0.25) is 0 Å². The molecular weight excluding hydrogens is 420 g/mol. The lowest BCUT2D eigenvalue weighted by Gasteiger charge is -2.08. The summed E-state index contributed by atoms with van der Waals surface area (Å²) in [5.74, 6) is -0.739. The molecule has 0 atom stereocenters. The van der Waals surface area contributed by atoms with E-state index in [1.165, 1.54) is 42.5 Å². The van der Waals surface area contributed by atoms with Gasteiger partial charge in [0.25, 0.3) is 5.56 Å². The third-order valence-electron chi connectivity index (χ3n) is 4.12. The lowest BCUT2D eigenvalue weighted by molar-refractivity contribution is -0.274. The molecule has 0 fully saturated rings. The highest BCUT2D eigenvalue weighted by Gasteiger charge is 2.31. The fraction of sp³-hybridized carbons (Fsp3) is 0.100. The Hall–Kier alpha value is -4.02. The van der Waals surface area contributed by atoms with Gasteiger partial charge in [-0.1, -0.05) is 17.3 Å². The molecule has 0 amide bonds. The van der Waals surface area contributed by atoms with Crippen molar-refractivity contribution in [2.75, 3.05) is 0 Å². The topological polar surface area (TPSA) is 83.0 Å². The summed E-state index contributed by atoms with van der Waals surface area (Å²) in [5, 5.41) is 7.90. The average molecular weight is 432 g/mol. The van der Waals surface area contributed by atoms with E-state index in [1.807, 2.05) is 0 Å². The Morgan fingerprint density at radius 2 is 1.74 bits per heavy atom. The Morgan fingerprint density at radius 1 is 1.00 bits per heavy atom. The molecule has 158 valence electrons. The van der Waals surface area contributed by atoms with Gasteiger partial charge in [0.05, 0.1) is 5.69 Å². The van der Waals surface area contributed by atoms with E-state index in [4.69, 9.17) is 4.52 Å². The maximum Gasteiger partial charge on any atom is 0.573 e. The molecular formula is C20H12F4N4O3. The molecule has 4 aromatic rings. The second kappa shape index (κ2) is 8.01. The molecule has 0 aliphatic carbocycles. The minimum absolute atomic E-state index is 0.0332. The van der Waals surface area contributed by atoms with Crippen molar-refractivity contribution in [1.82, 2.24) is 19.9 Å². The zero-order valence-electron chi connectivity index (χ0n) is 15.5. The van der Waals surface area contributed by atoms with Gasteiger partial charge >= 0.3 is 6.36 Å². The van der Waals surface area contributed by atoms with E-state index in [2.05, 4.69) is 20.0 Å². The summed E-state index contributed by atoms with van der Waals surface area (Å²) < 4.78 is 60.7. The van der Waals surface area contributed by atoms with Crippen molar-refractivity contribution < 1.29 is 26.8 Å². The number of benzene rings is 2. The molecule has 0 unspecified atom stereocenters. The quantitative estimate of drug-likeness (QED) is 0.443. The van der Waals surface area contributed by atoms with Crippen molar-refractivity contribution in [1.29, 1.82) is 0 Å². The molecule has 0 radical (unpaired) electrons. The first-order chi connectivity index (χ1) is 14.8. The summed E-state index contributed by atoms with van der Waals surface area (Å²) >= 11 is 0. The highest BCUT2D eigenvalue weighted by atomic mass is 19.4. The van der Waals surface area contributed by atoms with Crippen LogP contribution in [0.1, 0.15) is 5.89 Å². The summed E-state index contributed by atoms with van der Waals surface area (Å²) in [4.78, 5) is 16.3. The standard InChI is InChI=1S/C20H12F4N4O3/c21-15-4-2-1-3-14(15)16-9-10-18(29)28(26-16)11-17-25-19(27-31-17)12-5-7-13(8-6-12)30-20(22,23)24/h1-10H,11H2. The van der Waals surface area contributed by atoms with Gasteiger partial charge in [-0.05, 0) is 42.5 Å². The van der Waals surface area contributed by atoms with Crippen LogP contribution in [0, 0.1) is 5.82 Å². The van der Waals surface area contributed by atoms with E-state index in [0.717, 1.165) is 16.8 Å². The van der Waals surface area contributed by atoms with E-state index < -0.39 is 17.7 Å². The number of hydrogen-bond donors (Lipinski definition) is 0. The number of alkyl halides is 3. The fourth-order valence-electron chi connectivity index (χ4n) is 2.74. The molecule has 11 heteroatoms. The van der Waals surface area contributed by atoms with E-state index >= 15 is 0 Å². The Bertz CT molecular complexity index is 1270. The van der Waals surface area contributed by atoms with Crippen LogP contribution in [-0.4, -0.2) is 26.3 Å². The largest absolute Gasteiger partial charge is 0.573 e. The fourth-order valence-corrected chi connectivity index (χ4v) is 2.74. The number of rotatable bonds is 5. The zero-order valence-corrected chi connectivity index (χ0v) is 15.5. The van der Waals surface area contributed by atoms with Crippen molar-refractivity contribution >= 4 is 0 Å². The van der Waals surface area contributed by atoms with Crippen LogP contribution >= 0.6 is 0 Å². The van der Waals surface area contributed by atoms with Crippen LogP contribution in [0.15, 0.2) is 70.0 Å². The van der Waals surface area contributed by atoms with Crippen LogP contribution in [-0.2, 0) is 6.54 Å². The van der Waals surface area contributed by atoms with Crippen molar-refractivity contribution in [3.63, 3.8) is 0 Å². The SMILES string of the molecule is O=c1ccc(-c2ccccc2F)nn1Cc1nc(-c2ccc(OC(F)(F)F)cc2)no1. The maximum atomic E-state index is 14.0. The minimum Gasteiger partial charge on any atom is -0.406 e. The van der Waals surface area contributed by atoms with Gasteiger partial charge in [-0.3, -0.25) is 4.79 Å². The number of ether oxygens (including phenoxy) is 1. The average Bonchev–Trinajstić information content (AvgIpc) is 3.18. The van der Waals surface area contributed by atoms with Crippen LogP contribution in [0.4, 0.5) is 17.6 Å². The molecule has 7 nitrogen and oxygen atoms in total. The Balaban J connectivity index is 1.55. The number of nitrogens with zero attached hydrogens (tertiary/aromatic N) is 4. The highest BCUT2D eigenvalue weighted by molar-refractivity contribution is 5.59. The number of hydrogen-bond acceptors (Lipinski definition) is 6. The van der Waals surface area contributed by atoms with Crippen LogP contribution < -0.4 is 10.3 Å². The van der Waals surface area contributed by atoms with Gasteiger partial charge in [0.15, 0.2) is 0 Å². The van der Waals surface area contributed by atoms with Crippen molar-refractivity contribution in [3.8, 4) is 28.4 Å². The normalized spacial score (nSPS) is 11.5. The summed E-state index contributed by atoms with van der Waals surface area (Å²) in [6, 6.07) is 13.5. The second-order valence-corrected chi connectivity index (χ2v) is 6.28. The second-order valence-electron chi connectivity index (χ2n) is 6.28. The van der Waals surface area contributed by atoms with Gasteiger partial charge in [0, 0.05) is 17.2 Å². The molecule has 31 heavy (non-hydrogen) atoms. The maximum absolute atomic E-state index is 14.0. The van der Waals surface area contributed by atoms with Crippen molar-refractivity contribution in [2.24, 2.45) is 0 Å². The predicted molar refractivity (Wildman–Crippen MR) is 99.4 cm³/mol. The first kappa shape index (κ1) is 20.3. The van der Waals surface area contributed by atoms with Gasteiger partial charge in [0.2, 0.25) is 11.7 Å². The van der Waals surface area contributed by atoms with E-state index in [-0.39, 0.29) is 35.3 Å². The third kappa shape index (κ3) is 4.77. The lowest BCUT2D eigenvalue weighted by Crippen LogP contribution is -2.23. The van der Waals surface area contributed by atoms with Gasteiger partial charge in [0.1, 0.15) is 18.1 Å². The van der Waals surface area contributed by atoms with Crippen LogP contribution in [0.5, 0.6) is 5.75 Å². The predicted octanol–water partition coefficient (Wildman–Crippen LogP) is 4.05. The molecule has 0 bridgehead atoms. The molecule has 4 rings (SSSR count).